The second kappa shape index (κ2) is 6.15. The number of benzene rings is 1. The van der Waals surface area contributed by atoms with Gasteiger partial charge in [0.1, 0.15) is 0 Å². The molecule has 0 saturated heterocycles. The maximum Gasteiger partial charge on any atom is 0.319 e. The summed E-state index contributed by atoms with van der Waals surface area (Å²) >= 11 is 0. The summed E-state index contributed by atoms with van der Waals surface area (Å²) in [4.78, 5) is 11.1. The van der Waals surface area contributed by atoms with Gasteiger partial charge in [-0.15, -0.1) is 0 Å². The highest BCUT2D eigenvalue weighted by Gasteiger charge is 2.07. The molecule has 0 spiro atoms. The predicted octanol–water partition coefficient (Wildman–Crippen LogP) is 1.70. The second-order valence-corrected chi connectivity index (χ2v) is 4.22. The fourth-order valence-corrected chi connectivity index (χ4v) is 1.76. The molecule has 1 N–H and O–H groups in total. The van der Waals surface area contributed by atoms with Crippen LogP contribution in [0, 0.1) is 0 Å². The van der Waals surface area contributed by atoms with Crippen molar-refractivity contribution in [1.29, 1.82) is 0 Å². The zero-order valence-electron chi connectivity index (χ0n) is 11.0. The minimum Gasteiger partial charge on any atom is -0.468 e. The predicted molar refractivity (Wildman–Crippen MR) is 72.0 cm³/mol. The van der Waals surface area contributed by atoms with E-state index in [2.05, 4.69) is 15.2 Å². The van der Waals surface area contributed by atoms with E-state index in [4.69, 9.17) is 0 Å². The Hall–Kier alpha value is -2.14. The highest BCUT2D eigenvalue weighted by molar-refractivity contribution is 5.71. The average molecular weight is 259 g/mol. The summed E-state index contributed by atoms with van der Waals surface area (Å²) in [6.07, 6.45) is 3.64. The molecule has 19 heavy (non-hydrogen) atoms. The lowest BCUT2D eigenvalue weighted by atomic mass is 10.1. The number of aromatic nitrogens is 2. The van der Waals surface area contributed by atoms with E-state index in [1.165, 1.54) is 7.11 Å². The van der Waals surface area contributed by atoms with Crippen LogP contribution in [-0.2, 0) is 9.53 Å². The van der Waals surface area contributed by atoms with Crippen molar-refractivity contribution >= 4 is 5.97 Å². The summed E-state index contributed by atoms with van der Waals surface area (Å²) in [6, 6.07) is 10.0. The van der Waals surface area contributed by atoms with E-state index < -0.39 is 0 Å². The Balaban J connectivity index is 2.00. The zero-order valence-corrected chi connectivity index (χ0v) is 11.0. The third-order valence-electron chi connectivity index (χ3n) is 2.94. The van der Waals surface area contributed by atoms with Gasteiger partial charge in [-0.2, -0.15) is 5.10 Å². The van der Waals surface area contributed by atoms with Crippen molar-refractivity contribution < 1.29 is 9.53 Å². The first-order chi connectivity index (χ1) is 9.20. The van der Waals surface area contributed by atoms with Crippen LogP contribution in [0.25, 0.3) is 5.69 Å². The Labute approximate surface area is 112 Å². The molecule has 0 aliphatic carbocycles. The first kappa shape index (κ1) is 13.3. The van der Waals surface area contributed by atoms with Crippen molar-refractivity contribution in [2.45, 2.75) is 13.0 Å². The number of nitrogens with zero attached hydrogens (tertiary/aromatic N) is 2. The molecule has 5 heteroatoms. The highest BCUT2D eigenvalue weighted by atomic mass is 16.5. The molecule has 1 heterocycles. The van der Waals surface area contributed by atoms with Crippen molar-refractivity contribution in [3.05, 3.63) is 48.3 Å². The van der Waals surface area contributed by atoms with Crippen LogP contribution in [0.2, 0.25) is 0 Å². The lowest BCUT2D eigenvalue weighted by Crippen LogP contribution is -2.26. The van der Waals surface area contributed by atoms with Crippen molar-refractivity contribution in [3.8, 4) is 5.69 Å². The molecule has 0 bridgehead atoms. The number of nitrogens with one attached hydrogen (secondary N) is 1. The number of rotatable bonds is 5. The van der Waals surface area contributed by atoms with Gasteiger partial charge in [0.05, 0.1) is 19.3 Å². The van der Waals surface area contributed by atoms with Gasteiger partial charge in [0, 0.05) is 18.4 Å². The lowest BCUT2D eigenvalue weighted by molar-refractivity contribution is -0.139. The van der Waals surface area contributed by atoms with Crippen LogP contribution in [0.4, 0.5) is 0 Å². The molecule has 1 atom stereocenters. The van der Waals surface area contributed by atoms with E-state index in [0.717, 1.165) is 11.3 Å². The van der Waals surface area contributed by atoms with Gasteiger partial charge in [-0.05, 0) is 30.7 Å². The van der Waals surface area contributed by atoms with Crippen molar-refractivity contribution in [2.75, 3.05) is 13.7 Å². The van der Waals surface area contributed by atoms with Crippen molar-refractivity contribution in [3.63, 3.8) is 0 Å². The Morgan fingerprint density at radius 1 is 1.42 bits per heavy atom. The Kier molecular flexibility index (Phi) is 4.30. The van der Waals surface area contributed by atoms with Crippen molar-refractivity contribution in [1.82, 2.24) is 15.1 Å². The van der Waals surface area contributed by atoms with Gasteiger partial charge < -0.3 is 10.1 Å². The van der Waals surface area contributed by atoms with E-state index in [0.29, 0.717) is 0 Å². The van der Waals surface area contributed by atoms with Gasteiger partial charge in [0.25, 0.3) is 0 Å². The lowest BCUT2D eigenvalue weighted by Gasteiger charge is -2.13. The number of esters is 1. The van der Waals surface area contributed by atoms with Crippen LogP contribution in [0.1, 0.15) is 18.5 Å². The van der Waals surface area contributed by atoms with Gasteiger partial charge in [-0.1, -0.05) is 12.1 Å². The van der Waals surface area contributed by atoms with Crippen LogP contribution in [0.5, 0.6) is 0 Å². The monoisotopic (exact) mass is 259 g/mol. The highest BCUT2D eigenvalue weighted by Crippen LogP contribution is 2.15. The van der Waals surface area contributed by atoms with Crippen LogP contribution < -0.4 is 5.32 Å². The molecular weight excluding hydrogens is 242 g/mol. The molecular formula is C14H17N3O2. The summed E-state index contributed by atoms with van der Waals surface area (Å²) in [7, 11) is 1.38. The molecule has 1 aromatic carbocycles. The molecule has 0 aliphatic rings. The zero-order chi connectivity index (χ0) is 13.7. The first-order valence-corrected chi connectivity index (χ1v) is 6.11. The first-order valence-electron chi connectivity index (χ1n) is 6.11. The number of hydrogen-bond acceptors (Lipinski definition) is 4. The Morgan fingerprint density at radius 2 is 2.16 bits per heavy atom. The van der Waals surface area contributed by atoms with Crippen LogP contribution in [0.15, 0.2) is 42.7 Å². The maximum atomic E-state index is 11.1. The third-order valence-corrected chi connectivity index (χ3v) is 2.94. The molecule has 1 aromatic heterocycles. The molecule has 0 aliphatic heterocycles. The molecule has 0 fully saturated rings. The third kappa shape index (κ3) is 3.42. The number of methoxy groups -OCH3 is 1. The van der Waals surface area contributed by atoms with E-state index in [1.54, 1.807) is 10.9 Å². The Morgan fingerprint density at radius 3 is 2.74 bits per heavy atom. The van der Waals surface area contributed by atoms with E-state index >= 15 is 0 Å². The summed E-state index contributed by atoms with van der Waals surface area (Å²) in [6.45, 7) is 2.21. The number of carbonyl (C=O) groups excluding carboxylic acids is 1. The summed E-state index contributed by atoms with van der Waals surface area (Å²) in [5, 5.41) is 7.28. The van der Waals surface area contributed by atoms with Crippen molar-refractivity contribution in [2.24, 2.45) is 0 Å². The molecule has 2 aromatic rings. The molecule has 0 radical (unpaired) electrons. The van der Waals surface area contributed by atoms with E-state index in [1.807, 2.05) is 43.5 Å². The summed E-state index contributed by atoms with van der Waals surface area (Å²) in [5.74, 6) is -0.264. The molecule has 0 unspecified atom stereocenters. The quantitative estimate of drug-likeness (QED) is 0.830. The largest absolute Gasteiger partial charge is 0.468 e. The van der Waals surface area contributed by atoms with Gasteiger partial charge in [0.2, 0.25) is 0 Å². The smallest absolute Gasteiger partial charge is 0.319 e. The fourth-order valence-electron chi connectivity index (χ4n) is 1.76. The molecule has 2 rings (SSSR count). The maximum absolute atomic E-state index is 11.1. The normalized spacial score (nSPS) is 12.1. The van der Waals surface area contributed by atoms with Gasteiger partial charge in [0.15, 0.2) is 0 Å². The van der Waals surface area contributed by atoms with Crippen LogP contribution in [0.3, 0.4) is 0 Å². The summed E-state index contributed by atoms with van der Waals surface area (Å²) in [5.41, 5.74) is 2.12. The number of carbonyl (C=O) groups is 1. The standard InChI is InChI=1S/C14H17N3O2/c1-11(15-10-14(18)19-2)12-4-6-13(7-5-12)17-9-3-8-16-17/h3-9,11,15H,10H2,1-2H3/t11-/m0/s1. The second-order valence-electron chi connectivity index (χ2n) is 4.22. The fraction of sp³-hybridized carbons (Fsp3) is 0.286. The van der Waals surface area contributed by atoms with E-state index in [-0.39, 0.29) is 18.6 Å². The Bertz CT molecular complexity index is 520. The van der Waals surface area contributed by atoms with E-state index in [9.17, 15) is 4.79 Å². The molecule has 0 saturated carbocycles. The molecule has 0 amide bonds. The minimum absolute atomic E-state index is 0.0887. The molecule has 5 nitrogen and oxygen atoms in total. The SMILES string of the molecule is COC(=O)CN[C@@H](C)c1ccc(-n2cccn2)cc1. The van der Waals surface area contributed by atoms with Crippen LogP contribution >= 0.6 is 0 Å². The van der Waals surface area contributed by atoms with Crippen LogP contribution in [-0.4, -0.2) is 29.4 Å². The van der Waals surface area contributed by atoms with Gasteiger partial charge >= 0.3 is 5.97 Å². The number of hydrogen-bond donors (Lipinski definition) is 1. The number of ether oxygens (including phenoxy) is 1. The summed E-state index contributed by atoms with van der Waals surface area (Å²) < 4.78 is 6.39. The van der Waals surface area contributed by atoms with Gasteiger partial charge in [-0.3, -0.25) is 4.79 Å². The topological polar surface area (TPSA) is 56.1 Å². The van der Waals surface area contributed by atoms with Gasteiger partial charge in [-0.25, -0.2) is 4.68 Å². The molecule has 100 valence electrons. The minimum atomic E-state index is -0.264. The average Bonchev–Trinajstić information content (AvgIpc) is 2.98.